The first-order chi connectivity index (χ1) is 6.29. The molecule has 4 heteroatoms. The van der Waals surface area contributed by atoms with Crippen LogP contribution >= 0.6 is 0 Å². The third-order valence-corrected chi connectivity index (χ3v) is 2.42. The lowest BCUT2D eigenvalue weighted by molar-refractivity contribution is 0.0625. The largest absolute Gasteiger partial charge is 0.393 e. The first kappa shape index (κ1) is 8.69. The highest BCUT2D eigenvalue weighted by atomic mass is 16.5. The lowest BCUT2D eigenvalue weighted by atomic mass is 9.82. The van der Waals surface area contributed by atoms with Crippen LogP contribution in [0.2, 0.25) is 0 Å². The minimum absolute atomic E-state index is 0.161. The Balaban J connectivity index is 1.97. The van der Waals surface area contributed by atoms with E-state index in [1.54, 1.807) is 0 Å². The van der Waals surface area contributed by atoms with Gasteiger partial charge in [0.15, 0.2) is 5.82 Å². The Hall–Kier alpha value is -0.900. The maximum atomic E-state index is 9.10. The van der Waals surface area contributed by atoms with Crippen LogP contribution in [0.3, 0.4) is 0 Å². The topological polar surface area (TPSA) is 59.2 Å². The first-order valence-electron chi connectivity index (χ1n) is 4.80. The van der Waals surface area contributed by atoms with E-state index in [0.29, 0.717) is 11.8 Å². The van der Waals surface area contributed by atoms with E-state index in [-0.39, 0.29) is 6.10 Å². The van der Waals surface area contributed by atoms with E-state index in [9.17, 15) is 0 Å². The minimum Gasteiger partial charge on any atom is -0.393 e. The van der Waals surface area contributed by atoms with Gasteiger partial charge in [0.1, 0.15) is 0 Å². The molecule has 0 bridgehead atoms. The highest BCUT2D eigenvalue weighted by Gasteiger charge is 2.32. The number of hydrogen-bond donors (Lipinski definition) is 1. The average molecular weight is 182 g/mol. The summed E-state index contributed by atoms with van der Waals surface area (Å²) in [6.45, 7) is 2.09. The van der Waals surface area contributed by atoms with E-state index in [1.165, 1.54) is 0 Å². The van der Waals surface area contributed by atoms with Gasteiger partial charge in [-0.2, -0.15) is 4.98 Å². The molecule has 72 valence electrons. The van der Waals surface area contributed by atoms with Crippen LogP contribution in [0.15, 0.2) is 4.52 Å². The van der Waals surface area contributed by atoms with Gasteiger partial charge in [0.05, 0.1) is 6.10 Å². The minimum atomic E-state index is -0.161. The highest BCUT2D eigenvalue weighted by Crippen LogP contribution is 2.35. The van der Waals surface area contributed by atoms with E-state index in [2.05, 4.69) is 17.1 Å². The van der Waals surface area contributed by atoms with Crippen LogP contribution in [0.25, 0.3) is 0 Å². The molecule has 0 spiro atoms. The van der Waals surface area contributed by atoms with Crippen molar-refractivity contribution in [3.8, 4) is 0 Å². The van der Waals surface area contributed by atoms with Gasteiger partial charge in [0.2, 0.25) is 5.89 Å². The monoisotopic (exact) mass is 182 g/mol. The summed E-state index contributed by atoms with van der Waals surface area (Å²) in [5.41, 5.74) is 0. The van der Waals surface area contributed by atoms with Gasteiger partial charge in [-0.25, -0.2) is 0 Å². The molecule has 1 aliphatic carbocycles. The molecule has 13 heavy (non-hydrogen) atoms. The standard InChI is InChI=1S/C9H14N2O2/c1-2-3-8-10-9(13-11-8)6-4-7(12)5-6/h6-7,12H,2-5H2,1H3. The lowest BCUT2D eigenvalue weighted by Crippen LogP contribution is -2.26. The molecular formula is C9H14N2O2. The second kappa shape index (κ2) is 3.46. The smallest absolute Gasteiger partial charge is 0.229 e. The summed E-state index contributed by atoms with van der Waals surface area (Å²) in [7, 11) is 0. The van der Waals surface area contributed by atoms with Gasteiger partial charge in [0.25, 0.3) is 0 Å². The molecular weight excluding hydrogens is 168 g/mol. The highest BCUT2D eigenvalue weighted by molar-refractivity contribution is 5.01. The Morgan fingerprint density at radius 1 is 1.54 bits per heavy atom. The molecule has 1 aromatic rings. The Kier molecular flexibility index (Phi) is 2.31. The van der Waals surface area contributed by atoms with Crippen molar-refractivity contribution in [3.05, 3.63) is 11.7 Å². The van der Waals surface area contributed by atoms with Crippen LogP contribution in [0.1, 0.15) is 43.8 Å². The number of aryl methyl sites for hydroxylation is 1. The van der Waals surface area contributed by atoms with Crippen molar-refractivity contribution in [3.63, 3.8) is 0 Å². The van der Waals surface area contributed by atoms with Crippen molar-refractivity contribution in [2.24, 2.45) is 0 Å². The molecule has 0 radical (unpaired) electrons. The Morgan fingerprint density at radius 2 is 2.31 bits per heavy atom. The molecule has 1 saturated carbocycles. The normalized spacial score (nSPS) is 27.2. The molecule has 0 aliphatic heterocycles. The number of aliphatic hydroxyl groups is 1. The number of hydrogen-bond acceptors (Lipinski definition) is 4. The summed E-state index contributed by atoms with van der Waals surface area (Å²) in [4.78, 5) is 4.27. The molecule has 0 unspecified atom stereocenters. The van der Waals surface area contributed by atoms with Crippen molar-refractivity contribution < 1.29 is 9.63 Å². The average Bonchev–Trinajstić information content (AvgIpc) is 2.48. The second-order valence-corrected chi connectivity index (χ2v) is 3.62. The molecule has 1 aromatic heterocycles. The maximum absolute atomic E-state index is 9.10. The van der Waals surface area contributed by atoms with Crippen molar-refractivity contribution in [2.45, 2.75) is 44.6 Å². The third kappa shape index (κ3) is 1.72. The van der Waals surface area contributed by atoms with Gasteiger partial charge in [-0.3, -0.25) is 0 Å². The Morgan fingerprint density at radius 3 is 2.92 bits per heavy atom. The summed E-state index contributed by atoms with van der Waals surface area (Å²) in [6.07, 6.45) is 3.29. The van der Waals surface area contributed by atoms with Crippen molar-refractivity contribution in [1.29, 1.82) is 0 Å². The van der Waals surface area contributed by atoms with Gasteiger partial charge in [-0.15, -0.1) is 0 Å². The molecule has 2 rings (SSSR count). The summed E-state index contributed by atoms with van der Waals surface area (Å²) in [5, 5.41) is 13.0. The summed E-state index contributed by atoms with van der Waals surface area (Å²) in [5.74, 6) is 1.79. The number of rotatable bonds is 3. The quantitative estimate of drug-likeness (QED) is 0.764. The van der Waals surface area contributed by atoms with Crippen LogP contribution in [0, 0.1) is 0 Å². The van der Waals surface area contributed by atoms with E-state index in [1.807, 2.05) is 0 Å². The van der Waals surface area contributed by atoms with E-state index < -0.39 is 0 Å². The predicted octanol–water partition coefficient (Wildman–Crippen LogP) is 1.26. The molecule has 1 heterocycles. The SMILES string of the molecule is CCCc1noc(C2CC(O)C2)n1. The van der Waals surface area contributed by atoms with Crippen LogP contribution in [0.5, 0.6) is 0 Å². The lowest BCUT2D eigenvalue weighted by Gasteiger charge is -2.27. The molecule has 1 fully saturated rings. The number of nitrogens with zero attached hydrogens (tertiary/aromatic N) is 2. The van der Waals surface area contributed by atoms with Gasteiger partial charge in [0, 0.05) is 12.3 Å². The van der Waals surface area contributed by atoms with E-state index in [0.717, 1.165) is 31.5 Å². The molecule has 4 nitrogen and oxygen atoms in total. The van der Waals surface area contributed by atoms with Gasteiger partial charge >= 0.3 is 0 Å². The van der Waals surface area contributed by atoms with Gasteiger partial charge in [-0.05, 0) is 19.3 Å². The van der Waals surface area contributed by atoms with E-state index >= 15 is 0 Å². The van der Waals surface area contributed by atoms with Gasteiger partial charge < -0.3 is 9.63 Å². The predicted molar refractivity (Wildman–Crippen MR) is 46.3 cm³/mol. The van der Waals surface area contributed by atoms with Gasteiger partial charge in [-0.1, -0.05) is 12.1 Å². The fourth-order valence-corrected chi connectivity index (χ4v) is 1.55. The number of aromatic nitrogens is 2. The zero-order valence-electron chi connectivity index (χ0n) is 7.73. The number of aliphatic hydroxyl groups excluding tert-OH is 1. The van der Waals surface area contributed by atoms with Crippen LogP contribution in [-0.4, -0.2) is 21.4 Å². The van der Waals surface area contributed by atoms with Crippen molar-refractivity contribution >= 4 is 0 Å². The summed E-state index contributed by atoms with van der Waals surface area (Å²) in [6, 6.07) is 0. The molecule has 0 aromatic carbocycles. The zero-order chi connectivity index (χ0) is 9.26. The van der Waals surface area contributed by atoms with Crippen LogP contribution < -0.4 is 0 Å². The first-order valence-corrected chi connectivity index (χ1v) is 4.80. The summed E-state index contributed by atoms with van der Waals surface area (Å²) < 4.78 is 5.10. The van der Waals surface area contributed by atoms with Crippen LogP contribution in [0.4, 0.5) is 0 Å². The maximum Gasteiger partial charge on any atom is 0.229 e. The zero-order valence-corrected chi connectivity index (χ0v) is 7.73. The molecule has 0 atom stereocenters. The van der Waals surface area contributed by atoms with E-state index in [4.69, 9.17) is 9.63 Å². The second-order valence-electron chi connectivity index (χ2n) is 3.62. The van der Waals surface area contributed by atoms with Crippen LogP contribution in [-0.2, 0) is 6.42 Å². The third-order valence-electron chi connectivity index (χ3n) is 2.42. The Bertz CT molecular complexity index is 279. The molecule has 0 saturated heterocycles. The molecule has 1 aliphatic rings. The van der Waals surface area contributed by atoms with Crippen molar-refractivity contribution in [2.75, 3.05) is 0 Å². The fraction of sp³-hybridized carbons (Fsp3) is 0.778. The summed E-state index contributed by atoms with van der Waals surface area (Å²) >= 11 is 0. The molecule has 0 amide bonds. The fourth-order valence-electron chi connectivity index (χ4n) is 1.55. The Labute approximate surface area is 77.0 Å². The van der Waals surface area contributed by atoms with Crippen molar-refractivity contribution in [1.82, 2.24) is 10.1 Å². The molecule has 1 N–H and O–H groups in total.